The summed E-state index contributed by atoms with van der Waals surface area (Å²) in [4.78, 5) is 23.6. The Bertz CT molecular complexity index is 706. The number of ether oxygens (including phenoxy) is 1. The zero-order valence-corrected chi connectivity index (χ0v) is 15.2. The summed E-state index contributed by atoms with van der Waals surface area (Å²) in [5.74, 6) is 0.131. The van der Waals surface area contributed by atoms with Crippen LogP contribution in [-0.4, -0.2) is 31.0 Å². The second-order valence-electron chi connectivity index (χ2n) is 4.86. The van der Waals surface area contributed by atoms with Crippen molar-refractivity contribution in [2.75, 3.05) is 13.1 Å². The molecule has 1 aromatic carbocycles. The van der Waals surface area contributed by atoms with E-state index in [9.17, 15) is 9.59 Å². The third-order valence-corrected chi connectivity index (χ3v) is 3.88. The lowest BCUT2D eigenvalue weighted by Crippen LogP contribution is -2.40. The van der Waals surface area contributed by atoms with Gasteiger partial charge in [-0.15, -0.1) is 0 Å². The summed E-state index contributed by atoms with van der Waals surface area (Å²) in [5.41, 5.74) is 0. The molecule has 8 heteroatoms. The lowest BCUT2D eigenvalue weighted by Gasteiger charge is -2.16. The van der Waals surface area contributed by atoms with Gasteiger partial charge in [-0.25, -0.2) is 0 Å². The molecule has 1 atom stereocenters. The van der Waals surface area contributed by atoms with Crippen molar-refractivity contribution < 1.29 is 18.7 Å². The zero-order chi connectivity index (χ0) is 17.5. The van der Waals surface area contributed by atoms with Crippen molar-refractivity contribution in [3.8, 4) is 5.75 Å². The normalized spacial score (nSPS) is 11.6. The molecule has 2 amide bonds. The minimum absolute atomic E-state index is 0.227. The maximum absolute atomic E-state index is 12.0. The summed E-state index contributed by atoms with van der Waals surface area (Å²) in [7, 11) is 0. The Morgan fingerprint density at radius 2 is 2.04 bits per heavy atom. The van der Waals surface area contributed by atoms with Crippen LogP contribution in [0.15, 0.2) is 45.5 Å². The van der Waals surface area contributed by atoms with E-state index < -0.39 is 6.10 Å². The number of rotatable bonds is 7. The van der Waals surface area contributed by atoms with E-state index >= 15 is 0 Å². The molecule has 0 aliphatic rings. The molecule has 0 radical (unpaired) electrons. The first-order chi connectivity index (χ1) is 11.5. The molecular weight excluding hydrogens is 400 g/mol. The van der Waals surface area contributed by atoms with E-state index in [0.717, 1.165) is 0 Å². The summed E-state index contributed by atoms with van der Waals surface area (Å²) < 4.78 is 11.2. The zero-order valence-electron chi connectivity index (χ0n) is 12.8. The number of nitrogens with one attached hydrogen (secondary N) is 2. The first-order valence-electron chi connectivity index (χ1n) is 7.18. The van der Waals surface area contributed by atoms with E-state index in [0.29, 0.717) is 15.2 Å². The van der Waals surface area contributed by atoms with Crippen LogP contribution < -0.4 is 15.4 Å². The second kappa shape index (κ2) is 8.75. The Morgan fingerprint density at radius 3 is 2.71 bits per heavy atom. The molecule has 0 saturated carbocycles. The van der Waals surface area contributed by atoms with Gasteiger partial charge >= 0.3 is 0 Å². The predicted octanol–water partition coefficient (Wildman–Crippen LogP) is 3.01. The van der Waals surface area contributed by atoms with Gasteiger partial charge in [-0.3, -0.25) is 9.59 Å². The van der Waals surface area contributed by atoms with Crippen LogP contribution in [0.5, 0.6) is 5.75 Å². The molecule has 2 aromatic rings. The highest BCUT2D eigenvalue weighted by Crippen LogP contribution is 2.28. The Morgan fingerprint density at radius 1 is 1.29 bits per heavy atom. The minimum Gasteiger partial charge on any atom is -0.480 e. The molecule has 0 fully saturated rings. The van der Waals surface area contributed by atoms with Gasteiger partial charge in [-0.05, 0) is 53.2 Å². The third-order valence-electron chi connectivity index (χ3n) is 3.02. The Labute approximate surface area is 152 Å². The fourth-order valence-electron chi connectivity index (χ4n) is 1.82. The predicted molar refractivity (Wildman–Crippen MR) is 93.3 cm³/mol. The second-order valence-corrected chi connectivity index (χ2v) is 6.15. The Hall–Kier alpha value is -1.99. The van der Waals surface area contributed by atoms with Crippen LogP contribution >= 0.6 is 27.5 Å². The molecule has 1 aromatic heterocycles. The van der Waals surface area contributed by atoms with Gasteiger partial charge in [0.05, 0.1) is 10.7 Å². The molecule has 1 heterocycles. The number of hydrogen-bond acceptors (Lipinski definition) is 4. The molecule has 0 spiro atoms. The average Bonchev–Trinajstić information content (AvgIpc) is 3.08. The molecule has 2 N–H and O–H groups in total. The smallest absolute Gasteiger partial charge is 0.287 e. The summed E-state index contributed by atoms with van der Waals surface area (Å²) in [6.45, 7) is 2.20. The van der Waals surface area contributed by atoms with Gasteiger partial charge in [0.1, 0.15) is 5.75 Å². The van der Waals surface area contributed by atoms with Gasteiger partial charge in [-0.2, -0.15) is 0 Å². The summed E-state index contributed by atoms with van der Waals surface area (Å²) in [5, 5.41) is 5.89. The van der Waals surface area contributed by atoms with Crippen molar-refractivity contribution in [1.82, 2.24) is 10.6 Å². The van der Waals surface area contributed by atoms with Gasteiger partial charge in [0, 0.05) is 18.1 Å². The molecular formula is C16H16BrClN2O4. The third kappa shape index (κ3) is 5.28. The van der Waals surface area contributed by atoms with E-state index in [1.165, 1.54) is 6.26 Å². The topological polar surface area (TPSA) is 80.6 Å². The quantitative estimate of drug-likeness (QED) is 0.681. The van der Waals surface area contributed by atoms with Crippen LogP contribution in [0.2, 0.25) is 5.02 Å². The van der Waals surface area contributed by atoms with Crippen LogP contribution in [0.4, 0.5) is 0 Å². The van der Waals surface area contributed by atoms with Crippen molar-refractivity contribution in [3.63, 3.8) is 0 Å². The van der Waals surface area contributed by atoms with E-state index in [4.69, 9.17) is 20.8 Å². The summed E-state index contributed by atoms with van der Waals surface area (Å²) in [6.07, 6.45) is 0.730. The standard InChI is InChI=1S/C16H16BrClN2O4/c1-10(24-13-5-4-11(18)9-12(13)17)15(21)19-6-7-20-16(22)14-3-2-8-23-14/h2-5,8-10H,6-7H2,1H3,(H,19,21)(H,20,22)/t10-/m1/s1. The van der Waals surface area contributed by atoms with Crippen LogP contribution in [0.25, 0.3) is 0 Å². The number of halogens is 2. The molecule has 6 nitrogen and oxygen atoms in total. The van der Waals surface area contributed by atoms with E-state index in [1.807, 2.05) is 0 Å². The maximum Gasteiger partial charge on any atom is 0.287 e. The van der Waals surface area contributed by atoms with Crippen molar-refractivity contribution in [2.45, 2.75) is 13.0 Å². The summed E-state index contributed by atoms with van der Waals surface area (Å²) >= 11 is 9.18. The van der Waals surface area contributed by atoms with E-state index in [1.54, 1.807) is 37.3 Å². The monoisotopic (exact) mass is 414 g/mol. The van der Waals surface area contributed by atoms with Crippen molar-refractivity contribution in [3.05, 3.63) is 51.9 Å². The Kier molecular flexibility index (Phi) is 6.69. The highest BCUT2D eigenvalue weighted by molar-refractivity contribution is 9.10. The van der Waals surface area contributed by atoms with E-state index in [-0.39, 0.29) is 30.7 Å². The average molecular weight is 416 g/mol. The maximum atomic E-state index is 12.0. The van der Waals surface area contributed by atoms with Crippen molar-refractivity contribution >= 4 is 39.3 Å². The van der Waals surface area contributed by atoms with Crippen molar-refractivity contribution in [2.24, 2.45) is 0 Å². The lowest BCUT2D eigenvalue weighted by atomic mass is 10.3. The lowest BCUT2D eigenvalue weighted by molar-refractivity contribution is -0.127. The fourth-order valence-corrected chi connectivity index (χ4v) is 2.59. The highest BCUT2D eigenvalue weighted by Gasteiger charge is 2.16. The Balaban J connectivity index is 1.72. The summed E-state index contributed by atoms with van der Waals surface area (Å²) in [6, 6.07) is 8.24. The molecule has 0 unspecified atom stereocenters. The first-order valence-corrected chi connectivity index (χ1v) is 8.35. The van der Waals surface area contributed by atoms with Crippen LogP contribution in [-0.2, 0) is 4.79 Å². The van der Waals surface area contributed by atoms with Crippen LogP contribution in [0.3, 0.4) is 0 Å². The minimum atomic E-state index is -0.691. The highest BCUT2D eigenvalue weighted by atomic mass is 79.9. The molecule has 0 aliphatic carbocycles. The SMILES string of the molecule is C[C@@H](Oc1ccc(Cl)cc1Br)C(=O)NCCNC(=O)c1ccco1. The van der Waals surface area contributed by atoms with Crippen LogP contribution in [0.1, 0.15) is 17.5 Å². The number of hydrogen-bond donors (Lipinski definition) is 2. The fraction of sp³-hybridized carbons (Fsp3) is 0.250. The number of benzene rings is 1. The van der Waals surface area contributed by atoms with Gasteiger partial charge in [-0.1, -0.05) is 11.6 Å². The first kappa shape index (κ1) is 18.4. The molecule has 24 heavy (non-hydrogen) atoms. The number of carbonyl (C=O) groups is 2. The van der Waals surface area contributed by atoms with E-state index in [2.05, 4.69) is 26.6 Å². The molecule has 2 rings (SSSR count). The molecule has 128 valence electrons. The molecule has 0 aliphatic heterocycles. The van der Waals surface area contributed by atoms with Gasteiger partial charge in [0.2, 0.25) is 0 Å². The number of carbonyl (C=O) groups excluding carboxylic acids is 2. The largest absolute Gasteiger partial charge is 0.480 e. The number of amides is 2. The molecule has 0 saturated heterocycles. The van der Waals surface area contributed by atoms with Gasteiger partial charge in [0.25, 0.3) is 11.8 Å². The number of furan rings is 1. The van der Waals surface area contributed by atoms with Crippen LogP contribution in [0, 0.1) is 0 Å². The molecule has 0 bridgehead atoms. The van der Waals surface area contributed by atoms with Gasteiger partial charge in [0.15, 0.2) is 11.9 Å². The van der Waals surface area contributed by atoms with Gasteiger partial charge < -0.3 is 19.8 Å². The van der Waals surface area contributed by atoms with Crippen molar-refractivity contribution in [1.29, 1.82) is 0 Å².